The van der Waals surface area contributed by atoms with E-state index in [1.54, 1.807) is 6.20 Å². The van der Waals surface area contributed by atoms with Crippen molar-refractivity contribution in [3.63, 3.8) is 0 Å². The number of anilines is 2. The van der Waals surface area contributed by atoms with E-state index in [0.717, 1.165) is 31.9 Å². The summed E-state index contributed by atoms with van der Waals surface area (Å²) in [5, 5.41) is 3.88. The highest BCUT2D eigenvalue weighted by Gasteiger charge is 2.14. The molecule has 1 aromatic heterocycles. The molecule has 0 spiro atoms. The van der Waals surface area contributed by atoms with Gasteiger partial charge in [0.15, 0.2) is 5.82 Å². The third-order valence-electron chi connectivity index (χ3n) is 3.41. The Hall–Kier alpha value is -1.03. The van der Waals surface area contributed by atoms with Gasteiger partial charge in [-0.2, -0.15) is 4.98 Å². The third kappa shape index (κ3) is 4.23. The van der Waals surface area contributed by atoms with Gasteiger partial charge in [0.1, 0.15) is 5.02 Å². The molecule has 0 bridgehead atoms. The molecule has 1 saturated heterocycles. The summed E-state index contributed by atoms with van der Waals surface area (Å²) in [6.07, 6.45) is 9.18. The first-order chi connectivity index (χ1) is 9.31. The summed E-state index contributed by atoms with van der Waals surface area (Å²) in [7, 11) is 0. The van der Waals surface area contributed by atoms with Crippen LogP contribution in [-0.2, 0) is 0 Å². The van der Waals surface area contributed by atoms with Crippen LogP contribution in [0.15, 0.2) is 6.20 Å². The Bertz CT molecular complexity index is 389. The van der Waals surface area contributed by atoms with Gasteiger partial charge in [-0.1, -0.05) is 37.8 Å². The quantitative estimate of drug-likeness (QED) is 0.914. The number of hydrogen-bond acceptors (Lipinski definition) is 4. The highest BCUT2D eigenvalue weighted by molar-refractivity contribution is 6.32. The summed E-state index contributed by atoms with van der Waals surface area (Å²) in [5.41, 5.74) is 0. The first-order valence-electron chi connectivity index (χ1n) is 7.32. The Morgan fingerprint density at radius 3 is 2.58 bits per heavy atom. The molecule has 1 fully saturated rings. The summed E-state index contributed by atoms with van der Waals surface area (Å²) in [5.74, 6) is 1.57. The highest BCUT2D eigenvalue weighted by atomic mass is 35.5. The molecular formula is C14H23ClN4. The molecule has 2 heterocycles. The van der Waals surface area contributed by atoms with Crippen LogP contribution in [-0.4, -0.2) is 29.6 Å². The summed E-state index contributed by atoms with van der Waals surface area (Å²) >= 11 is 6.26. The molecule has 106 valence electrons. The molecule has 0 radical (unpaired) electrons. The molecule has 0 saturated carbocycles. The lowest BCUT2D eigenvalue weighted by atomic mass is 10.1. The Morgan fingerprint density at radius 1 is 1.21 bits per heavy atom. The zero-order valence-corrected chi connectivity index (χ0v) is 12.4. The molecule has 0 aliphatic carbocycles. The molecule has 0 amide bonds. The number of nitrogens with one attached hydrogen (secondary N) is 1. The fourth-order valence-electron chi connectivity index (χ4n) is 2.36. The van der Waals surface area contributed by atoms with Gasteiger partial charge < -0.3 is 10.2 Å². The molecule has 0 atom stereocenters. The van der Waals surface area contributed by atoms with Crippen molar-refractivity contribution in [2.75, 3.05) is 29.9 Å². The fraction of sp³-hybridized carbons (Fsp3) is 0.714. The topological polar surface area (TPSA) is 41.1 Å². The van der Waals surface area contributed by atoms with Crippen LogP contribution in [0.25, 0.3) is 0 Å². The molecule has 2 rings (SSSR count). The van der Waals surface area contributed by atoms with Crippen molar-refractivity contribution in [1.29, 1.82) is 0 Å². The Kier molecular flexibility index (Phi) is 5.70. The first kappa shape index (κ1) is 14.4. The van der Waals surface area contributed by atoms with Gasteiger partial charge in [-0.3, -0.25) is 0 Å². The second kappa shape index (κ2) is 7.53. The lowest BCUT2D eigenvalue weighted by molar-refractivity contribution is 0.553. The van der Waals surface area contributed by atoms with Gasteiger partial charge in [-0.05, 0) is 19.3 Å². The van der Waals surface area contributed by atoms with Crippen molar-refractivity contribution in [2.24, 2.45) is 0 Å². The third-order valence-corrected chi connectivity index (χ3v) is 3.68. The summed E-state index contributed by atoms with van der Waals surface area (Å²) in [6.45, 7) is 5.11. The number of aromatic nitrogens is 2. The van der Waals surface area contributed by atoms with Crippen LogP contribution in [0.3, 0.4) is 0 Å². The summed E-state index contributed by atoms with van der Waals surface area (Å²) < 4.78 is 0. The van der Waals surface area contributed by atoms with Crippen LogP contribution < -0.4 is 10.2 Å². The maximum Gasteiger partial charge on any atom is 0.224 e. The smallest absolute Gasteiger partial charge is 0.224 e. The second-order valence-electron chi connectivity index (χ2n) is 5.05. The van der Waals surface area contributed by atoms with Gasteiger partial charge in [-0.25, -0.2) is 4.98 Å². The average molecular weight is 283 g/mol. The normalized spacial score (nSPS) is 16.8. The van der Waals surface area contributed by atoms with Gasteiger partial charge in [0.25, 0.3) is 0 Å². The maximum absolute atomic E-state index is 6.26. The van der Waals surface area contributed by atoms with Crippen molar-refractivity contribution < 1.29 is 0 Å². The Balaban J connectivity index is 2.11. The standard InChI is InChI=1S/C14H23ClN4/c1-2-8-16-14-17-11-12(15)13(18-14)19-9-6-4-3-5-7-10-19/h11H,2-10H2,1H3,(H,16,17,18). The molecule has 1 N–H and O–H groups in total. The van der Waals surface area contributed by atoms with Crippen LogP contribution in [0.1, 0.15) is 45.4 Å². The van der Waals surface area contributed by atoms with Crippen molar-refractivity contribution in [3.05, 3.63) is 11.2 Å². The van der Waals surface area contributed by atoms with E-state index in [2.05, 4.69) is 27.1 Å². The monoisotopic (exact) mass is 282 g/mol. The van der Waals surface area contributed by atoms with E-state index >= 15 is 0 Å². The number of halogens is 1. The predicted molar refractivity (Wildman–Crippen MR) is 81.1 cm³/mol. The SMILES string of the molecule is CCCNc1ncc(Cl)c(N2CCCCCCC2)n1. The van der Waals surface area contributed by atoms with Gasteiger partial charge in [0.2, 0.25) is 5.95 Å². The van der Waals surface area contributed by atoms with Crippen LogP contribution in [0.2, 0.25) is 5.02 Å². The van der Waals surface area contributed by atoms with Crippen molar-refractivity contribution in [3.8, 4) is 0 Å². The minimum Gasteiger partial charge on any atom is -0.355 e. The van der Waals surface area contributed by atoms with Crippen molar-refractivity contribution in [2.45, 2.75) is 45.4 Å². The second-order valence-corrected chi connectivity index (χ2v) is 5.45. The highest BCUT2D eigenvalue weighted by Crippen LogP contribution is 2.25. The molecule has 5 heteroatoms. The van der Waals surface area contributed by atoms with E-state index in [1.807, 2.05) is 0 Å². The first-order valence-corrected chi connectivity index (χ1v) is 7.70. The van der Waals surface area contributed by atoms with E-state index in [-0.39, 0.29) is 0 Å². The lowest BCUT2D eigenvalue weighted by Crippen LogP contribution is -2.28. The molecule has 1 aliphatic heterocycles. The van der Waals surface area contributed by atoms with E-state index in [9.17, 15) is 0 Å². The molecule has 0 aromatic carbocycles. The molecule has 1 aromatic rings. The van der Waals surface area contributed by atoms with Gasteiger partial charge in [0, 0.05) is 19.6 Å². The summed E-state index contributed by atoms with van der Waals surface area (Å²) in [4.78, 5) is 11.1. The fourth-order valence-corrected chi connectivity index (χ4v) is 2.57. The average Bonchev–Trinajstić information content (AvgIpc) is 2.38. The van der Waals surface area contributed by atoms with Gasteiger partial charge in [0.05, 0.1) is 6.20 Å². The van der Waals surface area contributed by atoms with Crippen LogP contribution in [0, 0.1) is 0 Å². The van der Waals surface area contributed by atoms with Crippen molar-refractivity contribution in [1.82, 2.24) is 9.97 Å². The van der Waals surface area contributed by atoms with E-state index < -0.39 is 0 Å². The predicted octanol–water partition coefficient (Wildman–Crippen LogP) is 3.72. The zero-order chi connectivity index (χ0) is 13.5. The maximum atomic E-state index is 6.26. The zero-order valence-electron chi connectivity index (χ0n) is 11.7. The van der Waals surface area contributed by atoms with Crippen molar-refractivity contribution >= 4 is 23.4 Å². The molecule has 1 aliphatic rings. The lowest BCUT2D eigenvalue weighted by Gasteiger charge is -2.26. The minimum absolute atomic E-state index is 0.655. The van der Waals surface area contributed by atoms with E-state index in [4.69, 9.17) is 11.6 Å². The molecule has 19 heavy (non-hydrogen) atoms. The van der Waals surface area contributed by atoms with Crippen LogP contribution >= 0.6 is 11.6 Å². The van der Waals surface area contributed by atoms with Gasteiger partial charge in [-0.15, -0.1) is 0 Å². The minimum atomic E-state index is 0.655. The van der Waals surface area contributed by atoms with E-state index in [0.29, 0.717) is 11.0 Å². The summed E-state index contributed by atoms with van der Waals surface area (Å²) in [6, 6.07) is 0. The Morgan fingerprint density at radius 2 is 1.89 bits per heavy atom. The number of rotatable bonds is 4. The molecular weight excluding hydrogens is 260 g/mol. The number of nitrogens with zero attached hydrogens (tertiary/aromatic N) is 3. The molecule has 0 unspecified atom stereocenters. The van der Waals surface area contributed by atoms with Crippen LogP contribution in [0.4, 0.5) is 11.8 Å². The van der Waals surface area contributed by atoms with Crippen LogP contribution in [0.5, 0.6) is 0 Å². The van der Waals surface area contributed by atoms with Gasteiger partial charge >= 0.3 is 0 Å². The van der Waals surface area contributed by atoms with E-state index in [1.165, 1.54) is 32.1 Å². The Labute approximate surface area is 120 Å². The molecule has 4 nitrogen and oxygen atoms in total. The number of hydrogen-bond donors (Lipinski definition) is 1. The largest absolute Gasteiger partial charge is 0.355 e.